The summed E-state index contributed by atoms with van der Waals surface area (Å²) in [5.41, 5.74) is 1.38. The van der Waals surface area contributed by atoms with Crippen molar-refractivity contribution in [3.05, 3.63) is 47.8 Å². The fourth-order valence-electron chi connectivity index (χ4n) is 3.27. The first-order chi connectivity index (χ1) is 12.6. The van der Waals surface area contributed by atoms with Gasteiger partial charge in [-0.05, 0) is 24.8 Å². The molecule has 1 N–H and O–H groups in total. The van der Waals surface area contributed by atoms with E-state index in [0.29, 0.717) is 5.92 Å². The Morgan fingerprint density at radius 3 is 2.46 bits per heavy atom. The molecule has 5 nitrogen and oxygen atoms in total. The lowest BCUT2D eigenvalue weighted by molar-refractivity contribution is 0.249. The summed E-state index contributed by atoms with van der Waals surface area (Å²) in [7, 11) is 0. The van der Waals surface area contributed by atoms with Gasteiger partial charge in [0.15, 0.2) is 0 Å². The zero-order valence-electron chi connectivity index (χ0n) is 16.3. The predicted octanol–water partition coefficient (Wildman–Crippen LogP) is 3.57. The maximum absolute atomic E-state index is 4.67. The monoisotopic (exact) mass is 353 g/mol. The molecule has 1 fully saturated rings. The molecule has 0 unspecified atom stereocenters. The number of anilines is 2. The van der Waals surface area contributed by atoms with Crippen LogP contribution >= 0.6 is 0 Å². The largest absolute Gasteiger partial charge is 0.370 e. The first kappa shape index (κ1) is 18.6. The molecule has 1 aromatic carbocycles. The van der Waals surface area contributed by atoms with Crippen LogP contribution in [-0.4, -0.2) is 47.6 Å². The van der Waals surface area contributed by atoms with E-state index < -0.39 is 0 Å². The molecule has 1 aromatic heterocycles. The van der Waals surface area contributed by atoms with E-state index in [1.165, 1.54) is 5.56 Å². The number of benzene rings is 1. The van der Waals surface area contributed by atoms with Crippen LogP contribution in [0.4, 0.5) is 11.6 Å². The first-order valence-electron chi connectivity index (χ1n) is 9.71. The summed E-state index contributed by atoms with van der Waals surface area (Å²) in [6, 6.07) is 12.8. The van der Waals surface area contributed by atoms with Gasteiger partial charge in [-0.15, -0.1) is 0 Å². The normalized spacial score (nSPS) is 15.5. The van der Waals surface area contributed by atoms with Gasteiger partial charge in [-0.25, -0.2) is 9.97 Å². The Kier molecular flexibility index (Phi) is 6.45. The maximum Gasteiger partial charge on any atom is 0.134 e. The van der Waals surface area contributed by atoms with Crippen LogP contribution in [0.1, 0.15) is 31.7 Å². The number of rotatable bonds is 7. The van der Waals surface area contributed by atoms with E-state index in [2.05, 4.69) is 75.3 Å². The van der Waals surface area contributed by atoms with Gasteiger partial charge in [0.25, 0.3) is 0 Å². The van der Waals surface area contributed by atoms with Gasteiger partial charge in [0.1, 0.15) is 17.5 Å². The molecule has 1 saturated heterocycles. The minimum Gasteiger partial charge on any atom is -0.370 e. The van der Waals surface area contributed by atoms with Crippen molar-refractivity contribution in [1.29, 1.82) is 0 Å². The average molecular weight is 354 g/mol. The molecule has 1 aliphatic heterocycles. The molecule has 0 saturated carbocycles. The van der Waals surface area contributed by atoms with Crippen molar-refractivity contribution in [3.63, 3.8) is 0 Å². The summed E-state index contributed by atoms with van der Waals surface area (Å²) in [5.74, 6) is 3.52. The standard InChI is InChI=1S/C21H31N5/c1-17(2)9-10-22-20-15-21(24-18(3)23-20)26-13-11-25(12-14-26)16-19-7-5-4-6-8-19/h4-8,15,17H,9-14,16H2,1-3H3,(H,22,23,24). The number of piperazine rings is 1. The smallest absolute Gasteiger partial charge is 0.134 e. The number of hydrogen-bond acceptors (Lipinski definition) is 5. The van der Waals surface area contributed by atoms with Crippen LogP contribution in [0.5, 0.6) is 0 Å². The minimum atomic E-state index is 0.697. The van der Waals surface area contributed by atoms with Crippen LogP contribution in [0.3, 0.4) is 0 Å². The molecule has 0 aliphatic carbocycles. The summed E-state index contributed by atoms with van der Waals surface area (Å²) < 4.78 is 0. The lowest BCUT2D eigenvalue weighted by atomic mass is 10.1. The first-order valence-corrected chi connectivity index (χ1v) is 9.71. The third kappa shape index (κ3) is 5.43. The van der Waals surface area contributed by atoms with E-state index in [9.17, 15) is 0 Å². The second kappa shape index (κ2) is 8.99. The summed E-state index contributed by atoms with van der Waals surface area (Å²) in [5, 5.41) is 3.45. The number of nitrogens with zero attached hydrogens (tertiary/aromatic N) is 4. The molecule has 0 atom stereocenters. The Morgan fingerprint density at radius 2 is 1.77 bits per heavy atom. The molecule has 1 aliphatic rings. The Balaban J connectivity index is 1.56. The summed E-state index contributed by atoms with van der Waals surface area (Å²) in [6.07, 6.45) is 1.15. The molecular formula is C21H31N5. The fraction of sp³-hybridized carbons (Fsp3) is 0.524. The van der Waals surface area contributed by atoms with Gasteiger partial charge in [-0.2, -0.15) is 0 Å². The van der Waals surface area contributed by atoms with E-state index >= 15 is 0 Å². The molecular weight excluding hydrogens is 322 g/mol. The molecule has 0 bridgehead atoms. The van der Waals surface area contributed by atoms with Crippen LogP contribution in [0, 0.1) is 12.8 Å². The second-order valence-corrected chi connectivity index (χ2v) is 7.52. The summed E-state index contributed by atoms with van der Waals surface area (Å²) in [6.45, 7) is 12.6. The number of nitrogens with one attached hydrogen (secondary N) is 1. The van der Waals surface area contributed by atoms with Gasteiger partial charge in [0.05, 0.1) is 0 Å². The zero-order chi connectivity index (χ0) is 18.4. The van der Waals surface area contributed by atoms with Crippen molar-refractivity contribution < 1.29 is 0 Å². The number of aromatic nitrogens is 2. The van der Waals surface area contributed by atoms with Crippen LogP contribution in [0.2, 0.25) is 0 Å². The van der Waals surface area contributed by atoms with Crippen molar-refractivity contribution in [3.8, 4) is 0 Å². The highest BCUT2D eigenvalue weighted by Gasteiger charge is 2.19. The van der Waals surface area contributed by atoms with Crippen molar-refractivity contribution in [2.75, 3.05) is 42.9 Å². The van der Waals surface area contributed by atoms with Crippen molar-refractivity contribution in [2.45, 2.75) is 33.7 Å². The quantitative estimate of drug-likeness (QED) is 0.824. The Hall–Kier alpha value is -2.14. The second-order valence-electron chi connectivity index (χ2n) is 7.52. The maximum atomic E-state index is 4.67. The highest BCUT2D eigenvalue weighted by molar-refractivity contribution is 5.49. The molecule has 2 aromatic rings. The van der Waals surface area contributed by atoms with Gasteiger partial charge < -0.3 is 10.2 Å². The molecule has 2 heterocycles. The van der Waals surface area contributed by atoms with Gasteiger partial charge in [-0.3, -0.25) is 4.90 Å². The molecule has 0 amide bonds. The molecule has 0 radical (unpaired) electrons. The van der Waals surface area contributed by atoms with Crippen LogP contribution in [-0.2, 0) is 6.54 Å². The predicted molar refractivity (Wildman–Crippen MR) is 109 cm³/mol. The number of hydrogen-bond donors (Lipinski definition) is 1. The highest BCUT2D eigenvalue weighted by Crippen LogP contribution is 2.19. The fourth-order valence-corrected chi connectivity index (χ4v) is 3.27. The summed E-state index contributed by atoms with van der Waals surface area (Å²) in [4.78, 5) is 14.1. The molecule has 0 spiro atoms. The van der Waals surface area contributed by atoms with Gasteiger partial charge in [-0.1, -0.05) is 44.2 Å². The van der Waals surface area contributed by atoms with Crippen LogP contribution in [0.15, 0.2) is 36.4 Å². The number of aryl methyl sites for hydroxylation is 1. The van der Waals surface area contributed by atoms with E-state index in [1.54, 1.807) is 0 Å². The lowest BCUT2D eigenvalue weighted by Crippen LogP contribution is -2.46. The third-order valence-electron chi connectivity index (χ3n) is 4.80. The van der Waals surface area contributed by atoms with Crippen molar-refractivity contribution in [2.24, 2.45) is 5.92 Å². The highest BCUT2D eigenvalue weighted by atomic mass is 15.3. The lowest BCUT2D eigenvalue weighted by Gasteiger charge is -2.35. The van der Waals surface area contributed by atoms with Gasteiger partial charge in [0, 0.05) is 45.3 Å². The van der Waals surface area contributed by atoms with Crippen LogP contribution in [0.25, 0.3) is 0 Å². The molecule has 5 heteroatoms. The van der Waals surface area contributed by atoms with E-state index in [1.807, 2.05) is 6.92 Å². The van der Waals surface area contributed by atoms with Crippen LogP contribution < -0.4 is 10.2 Å². The topological polar surface area (TPSA) is 44.3 Å². The van der Waals surface area contributed by atoms with Crippen molar-refractivity contribution in [1.82, 2.24) is 14.9 Å². The van der Waals surface area contributed by atoms with Crippen molar-refractivity contribution >= 4 is 11.6 Å². The zero-order valence-corrected chi connectivity index (χ0v) is 16.3. The Morgan fingerprint density at radius 1 is 1.04 bits per heavy atom. The minimum absolute atomic E-state index is 0.697. The average Bonchev–Trinajstić information content (AvgIpc) is 2.62. The van der Waals surface area contributed by atoms with E-state index in [0.717, 1.165) is 63.1 Å². The molecule has 26 heavy (non-hydrogen) atoms. The van der Waals surface area contributed by atoms with Gasteiger partial charge in [0.2, 0.25) is 0 Å². The Bertz CT molecular complexity index is 678. The SMILES string of the molecule is Cc1nc(NCCC(C)C)cc(N2CCN(Cc3ccccc3)CC2)n1. The van der Waals surface area contributed by atoms with E-state index in [4.69, 9.17) is 0 Å². The summed E-state index contributed by atoms with van der Waals surface area (Å²) >= 11 is 0. The molecule has 3 rings (SSSR count). The van der Waals surface area contributed by atoms with E-state index in [-0.39, 0.29) is 0 Å². The molecule has 140 valence electrons. The van der Waals surface area contributed by atoms with Gasteiger partial charge >= 0.3 is 0 Å². The Labute approximate surface area is 157 Å². The third-order valence-corrected chi connectivity index (χ3v) is 4.80.